The molecule has 0 aromatic heterocycles. The minimum atomic E-state index is -2.62. The minimum Gasteiger partial charge on any atom is -0.497 e. The Hall–Kier alpha value is -0.716. The van der Waals surface area contributed by atoms with E-state index in [-0.39, 0.29) is 6.10 Å². The van der Waals surface area contributed by atoms with Crippen LogP contribution in [0.2, 0.25) is 87.1 Å². The second-order valence-corrected chi connectivity index (χ2v) is 44.1. The van der Waals surface area contributed by atoms with E-state index < -0.39 is 40.6 Å². The van der Waals surface area contributed by atoms with Crippen molar-refractivity contribution in [2.45, 2.75) is 106 Å². The molecule has 2 aliphatic rings. The molecule has 2 nitrogen and oxygen atoms in total. The maximum absolute atomic E-state index is 8.23. The summed E-state index contributed by atoms with van der Waals surface area (Å²) in [5, 5.41) is 1.62. The molecule has 0 saturated carbocycles. The van der Waals surface area contributed by atoms with Crippen LogP contribution in [0.15, 0.2) is 48.5 Å². The van der Waals surface area contributed by atoms with Crippen molar-refractivity contribution in [3.8, 4) is 5.75 Å². The fraction of sp³-hybridized carbons (Fsp3) is 0.600. The zero-order chi connectivity index (χ0) is 27.9. The molecule has 0 radical (unpaired) electrons. The van der Waals surface area contributed by atoms with Crippen LogP contribution in [-0.4, -0.2) is 47.7 Å². The maximum atomic E-state index is 8.23. The Labute approximate surface area is 232 Å². The molecule has 2 aromatic rings. The van der Waals surface area contributed by atoms with E-state index >= 15 is 0 Å². The van der Waals surface area contributed by atoms with Crippen molar-refractivity contribution in [3.05, 3.63) is 59.7 Å². The van der Waals surface area contributed by atoms with Crippen molar-refractivity contribution in [1.29, 1.82) is 0 Å². The van der Waals surface area contributed by atoms with Crippen molar-refractivity contribution in [3.63, 3.8) is 0 Å². The highest BCUT2D eigenvalue weighted by molar-refractivity contribution is 7.29. The van der Waals surface area contributed by atoms with Gasteiger partial charge in [-0.3, -0.25) is 0 Å². The quantitative estimate of drug-likeness (QED) is 0.316. The van der Waals surface area contributed by atoms with Crippen molar-refractivity contribution < 1.29 is 9.16 Å². The molecule has 204 valence electrons. The number of fused-ring (bicyclic) bond motifs is 2. The lowest BCUT2D eigenvalue weighted by Crippen LogP contribution is -2.80. The topological polar surface area (TPSA) is 18.5 Å². The fourth-order valence-electron chi connectivity index (χ4n) is 9.99. The predicted molar refractivity (Wildman–Crippen MR) is 176 cm³/mol. The highest BCUT2D eigenvalue weighted by Gasteiger charge is 2.84. The zero-order valence-corrected chi connectivity index (χ0v) is 30.9. The van der Waals surface area contributed by atoms with Crippen LogP contribution in [0.4, 0.5) is 0 Å². The summed E-state index contributed by atoms with van der Waals surface area (Å²) >= 11 is 0. The second-order valence-electron chi connectivity index (χ2n) is 15.9. The van der Waals surface area contributed by atoms with Gasteiger partial charge in [0.2, 0.25) is 8.32 Å². The third kappa shape index (κ3) is 3.74. The van der Waals surface area contributed by atoms with Crippen LogP contribution in [0, 0.1) is 0 Å². The van der Waals surface area contributed by atoms with Crippen molar-refractivity contribution in [2.75, 3.05) is 7.11 Å². The highest BCUT2D eigenvalue weighted by Crippen LogP contribution is 2.77. The van der Waals surface area contributed by atoms with Gasteiger partial charge in [0.05, 0.1) is 13.2 Å². The largest absolute Gasteiger partial charge is 0.497 e. The maximum Gasteiger partial charge on any atom is 0.227 e. The average molecular weight is 585 g/mol. The Morgan fingerprint density at radius 1 is 0.703 bits per heavy atom. The van der Waals surface area contributed by atoms with E-state index in [9.17, 15) is 0 Å². The molecule has 7 heteroatoms. The van der Waals surface area contributed by atoms with Crippen LogP contribution in [0.3, 0.4) is 0 Å². The van der Waals surface area contributed by atoms with Crippen LogP contribution < -0.4 is 9.92 Å². The number of rotatable bonds is 6. The van der Waals surface area contributed by atoms with Gasteiger partial charge >= 0.3 is 0 Å². The molecule has 1 spiro atoms. The number of benzene rings is 2. The summed E-state index contributed by atoms with van der Waals surface area (Å²) in [6.45, 7) is 32.4. The van der Waals surface area contributed by atoms with Crippen molar-refractivity contribution >= 4 is 45.8 Å². The highest BCUT2D eigenvalue weighted by atomic mass is 28.5. The van der Waals surface area contributed by atoms with Gasteiger partial charge in [-0.1, -0.05) is 128 Å². The normalized spacial score (nSPS) is 22.8. The first kappa shape index (κ1) is 29.3. The van der Waals surface area contributed by atoms with Crippen LogP contribution in [-0.2, 0) is 4.43 Å². The number of ether oxygens (including phenoxy) is 1. The number of methoxy groups -OCH3 is 1. The Morgan fingerprint density at radius 3 is 1.57 bits per heavy atom. The Kier molecular flexibility index (Phi) is 7.04. The van der Waals surface area contributed by atoms with Gasteiger partial charge in [0.25, 0.3) is 0 Å². The smallest absolute Gasteiger partial charge is 0.227 e. The molecule has 1 atom stereocenters. The predicted octanol–water partition coefficient (Wildman–Crippen LogP) is 8.75. The first-order chi connectivity index (χ1) is 16.8. The van der Waals surface area contributed by atoms with Gasteiger partial charge in [0, 0.05) is 32.3 Å². The van der Waals surface area contributed by atoms with E-state index in [1.165, 1.54) is 24.0 Å². The molecule has 2 heterocycles. The minimum absolute atomic E-state index is 0.0334. The fourth-order valence-corrected chi connectivity index (χ4v) is 59.5. The lowest BCUT2D eigenvalue weighted by Gasteiger charge is -2.65. The first-order valence-corrected chi connectivity index (χ1v) is 30.1. The number of hydrogen-bond donors (Lipinski definition) is 0. The molecule has 0 amide bonds. The van der Waals surface area contributed by atoms with Crippen LogP contribution in [0.1, 0.15) is 30.1 Å². The van der Waals surface area contributed by atoms with Crippen molar-refractivity contribution in [2.24, 2.45) is 0 Å². The molecule has 0 N–H and O–H groups in total. The third-order valence-electron chi connectivity index (χ3n) is 10.5. The molecule has 0 aliphatic carbocycles. The van der Waals surface area contributed by atoms with Gasteiger partial charge in [0.1, 0.15) is 5.75 Å². The summed E-state index contributed by atoms with van der Waals surface area (Å²) in [5.74, 6) is 1.01. The Balaban J connectivity index is 2.27. The molecule has 1 unspecified atom stereocenters. The monoisotopic (exact) mass is 584 g/mol. The Bertz CT molecular complexity index is 1080. The summed E-state index contributed by atoms with van der Waals surface area (Å²) in [4.78, 5) is 0. The summed E-state index contributed by atoms with van der Waals surface area (Å²) < 4.78 is 14.9. The third-order valence-corrected chi connectivity index (χ3v) is 48.7. The molecule has 1 fully saturated rings. The van der Waals surface area contributed by atoms with Crippen LogP contribution >= 0.6 is 0 Å². The average Bonchev–Trinajstić information content (AvgIpc) is 3.28. The SMILES string of the molecule is COc1ccc2c(c1)[Si]1(OC2c2ccccc2)C([Si](C)(C)C)([Si](C)(C)C)CCC1([Si](C)(C)C)[Si](C)(C)C. The summed E-state index contributed by atoms with van der Waals surface area (Å²) in [5.41, 5.74) is 2.77. The molecule has 2 aromatic carbocycles. The second kappa shape index (κ2) is 8.89. The summed E-state index contributed by atoms with van der Waals surface area (Å²) in [6.07, 6.45) is 2.78. The number of hydrogen-bond acceptors (Lipinski definition) is 2. The van der Waals surface area contributed by atoms with E-state index in [0.717, 1.165) is 5.75 Å². The van der Waals surface area contributed by atoms with Gasteiger partial charge in [-0.05, 0) is 37.0 Å². The van der Waals surface area contributed by atoms with Crippen molar-refractivity contribution in [1.82, 2.24) is 0 Å². The standard InChI is InChI=1S/C30H52O2Si5/c1-31-25-19-20-26-27(23-25)37(32-28(26)24-17-15-14-16-18-24)29(33(2,3)4,34(5,6)7)21-22-30(37,35(8,9)10)36(11,12)13/h14-20,23,28H,21-22H2,1-13H3. The van der Waals surface area contributed by atoms with Gasteiger partial charge < -0.3 is 9.16 Å². The molecule has 4 rings (SSSR count). The molecule has 37 heavy (non-hydrogen) atoms. The van der Waals surface area contributed by atoms with E-state index in [2.05, 4.69) is 127 Å². The molecule has 2 aliphatic heterocycles. The van der Waals surface area contributed by atoms with Gasteiger partial charge in [-0.25, -0.2) is 0 Å². The van der Waals surface area contributed by atoms with E-state index in [1.54, 1.807) is 5.19 Å². The lowest BCUT2D eigenvalue weighted by molar-refractivity contribution is 0.246. The van der Waals surface area contributed by atoms with E-state index in [1.807, 2.05) is 7.11 Å². The van der Waals surface area contributed by atoms with Gasteiger partial charge in [0.15, 0.2) is 0 Å². The van der Waals surface area contributed by atoms with E-state index in [4.69, 9.17) is 9.16 Å². The zero-order valence-electron chi connectivity index (χ0n) is 25.9. The Morgan fingerprint density at radius 2 is 1.16 bits per heavy atom. The molecular weight excluding hydrogens is 533 g/mol. The van der Waals surface area contributed by atoms with Gasteiger partial charge in [-0.2, -0.15) is 0 Å². The van der Waals surface area contributed by atoms with Crippen LogP contribution in [0.5, 0.6) is 5.75 Å². The summed E-state index contributed by atoms with van der Waals surface area (Å²) in [7, 11) is -7.65. The van der Waals surface area contributed by atoms with Gasteiger partial charge in [-0.15, -0.1) is 0 Å². The van der Waals surface area contributed by atoms with Crippen LogP contribution in [0.25, 0.3) is 0 Å². The molecular formula is C30H52O2Si5. The molecule has 0 bridgehead atoms. The summed E-state index contributed by atoms with van der Waals surface area (Å²) in [6, 6.07) is 18.2. The lowest BCUT2D eigenvalue weighted by atomic mass is 10.0. The molecule has 1 saturated heterocycles. The first-order valence-electron chi connectivity index (χ1n) is 14.2. The van der Waals surface area contributed by atoms with E-state index in [0.29, 0.717) is 8.57 Å².